The molecule has 2 N–H and O–H groups in total. The van der Waals surface area contributed by atoms with Crippen LogP contribution < -0.4 is 5.32 Å². The van der Waals surface area contributed by atoms with E-state index in [1.54, 1.807) is 41.0 Å². The summed E-state index contributed by atoms with van der Waals surface area (Å²) in [5.41, 5.74) is 1.48. The number of anilines is 1. The first-order chi connectivity index (χ1) is 15.2. The van der Waals surface area contributed by atoms with Crippen molar-refractivity contribution in [2.75, 3.05) is 5.32 Å². The number of sulfone groups is 1. The summed E-state index contributed by atoms with van der Waals surface area (Å²) in [4.78, 5) is 13.0. The molecule has 1 aromatic heterocycles. The summed E-state index contributed by atoms with van der Waals surface area (Å²) < 4.78 is 27.4. The fraction of sp³-hybridized carbons (Fsp3) is 0.318. The van der Waals surface area contributed by atoms with Gasteiger partial charge in [-0.1, -0.05) is 42.4 Å². The van der Waals surface area contributed by atoms with E-state index >= 15 is 0 Å². The van der Waals surface area contributed by atoms with Crippen molar-refractivity contribution in [3.05, 3.63) is 59.9 Å². The molecule has 0 saturated carbocycles. The SMILES string of the molecule is CCC(Sc1nnc(CS(=O)(=O)c2ccc(C)cc2)n1CC)C(=O)Nc1cccc(O)c1. The molecule has 0 bridgehead atoms. The molecule has 8 nitrogen and oxygen atoms in total. The van der Waals surface area contributed by atoms with E-state index in [-0.39, 0.29) is 22.3 Å². The topological polar surface area (TPSA) is 114 Å². The molecule has 1 atom stereocenters. The van der Waals surface area contributed by atoms with Crippen molar-refractivity contribution in [1.29, 1.82) is 0 Å². The highest BCUT2D eigenvalue weighted by Gasteiger charge is 2.25. The molecule has 0 aliphatic carbocycles. The predicted molar refractivity (Wildman–Crippen MR) is 124 cm³/mol. The highest BCUT2D eigenvalue weighted by Crippen LogP contribution is 2.27. The van der Waals surface area contributed by atoms with Crippen molar-refractivity contribution in [2.45, 2.75) is 54.8 Å². The average Bonchev–Trinajstić information content (AvgIpc) is 3.12. The van der Waals surface area contributed by atoms with Crippen LogP contribution in [0.3, 0.4) is 0 Å². The molecule has 0 spiro atoms. The molecule has 1 heterocycles. The zero-order valence-corrected chi connectivity index (χ0v) is 19.8. The molecule has 0 saturated heterocycles. The Labute approximate surface area is 192 Å². The monoisotopic (exact) mass is 474 g/mol. The van der Waals surface area contributed by atoms with Gasteiger partial charge in [-0.15, -0.1) is 10.2 Å². The lowest BCUT2D eigenvalue weighted by Crippen LogP contribution is -2.25. The van der Waals surface area contributed by atoms with E-state index in [2.05, 4.69) is 15.5 Å². The van der Waals surface area contributed by atoms with Crippen molar-refractivity contribution in [1.82, 2.24) is 14.8 Å². The smallest absolute Gasteiger partial charge is 0.237 e. The van der Waals surface area contributed by atoms with Crippen LogP contribution in [0.1, 0.15) is 31.7 Å². The minimum absolute atomic E-state index is 0.0636. The summed E-state index contributed by atoms with van der Waals surface area (Å²) in [7, 11) is -3.58. The van der Waals surface area contributed by atoms with Crippen LogP contribution in [-0.2, 0) is 26.9 Å². The Balaban J connectivity index is 1.77. The average molecular weight is 475 g/mol. The van der Waals surface area contributed by atoms with Gasteiger partial charge in [0.1, 0.15) is 17.3 Å². The lowest BCUT2D eigenvalue weighted by Gasteiger charge is -2.15. The minimum Gasteiger partial charge on any atom is -0.508 e. The van der Waals surface area contributed by atoms with Gasteiger partial charge in [-0.2, -0.15) is 0 Å². The van der Waals surface area contributed by atoms with E-state index in [0.29, 0.717) is 29.6 Å². The molecule has 0 fully saturated rings. The van der Waals surface area contributed by atoms with Gasteiger partial charge in [-0.3, -0.25) is 4.79 Å². The van der Waals surface area contributed by atoms with Crippen LogP contribution >= 0.6 is 11.8 Å². The maximum Gasteiger partial charge on any atom is 0.237 e. The number of hydrogen-bond acceptors (Lipinski definition) is 7. The first kappa shape index (κ1) is 23.8. The number of nitrogens with zero attached hydrogens (tertiary/aromatic N) is 3. The number of amides is 1. The van der Waals surface area contributed by atoms with Crippen molar-refractivity contribution in [2.24, 2.45) is 0 Å². The fourth-order valence-electron chi connectivity index (χ4n) is 3.09. The minimum atomic E-state index is -3.58. The first-order valence-corrected chi connectivity index (χ1v) is 12.7. The maximum absolute atomic E-state index is 12.8. The van der Waals surface area contributed by atoms with E-state index in [1.807, 2.05) is 20.8 Å². The second-order valence-electron chi connectivity index (χ2n) is 7.27. The summed E-state index contributed by atoms with van der Waals surface area (Å²) in [6, 6.07) is 13.0. The Morgan fingerprint density at radius 1 is 1.16 bits per heavy atom. The number of carbonyl (C=O) groups excluding carboxylic acids is 1. The Morgan fingerprint density at radius 2 is 1.88 bits per heavy atom. The van der Waals surface area contributed by atoms with Gasteiger partial charge in [0.2, 0.25) is 5.91 Å². The molecule has 0 aliphatic heterocycles. The lowest BCUT2D eigenvalue weighted by molar-refractivity contribution is -0.115. The molecular weight excluding hydrogens is 448 g/mol. The van der Waals surface area contributed by atoms with Crippen molar-refractivity contribution >= 4 is 33.2 Å². The molecule has 10 heteroatoms. The quantitative estimate of drug-likeness (QED) is 0.453. The van der Waals surface area contributed by atoms with Crippen molar-refractivity contribution in [3.8, 4) is 5.75 Å². The Kier molecular flexibility index (Phi) is 7.57. The standard InChI is InChI=1S/C22H26N4O4S2/c1-4-19(21(28)23-16-7-6-8-17(27)13-16)31-22-25-24-20(26(22)5-2)14-32(29,30)18-11-9-15(3)10-12-18/h6-13,19,27H,4-5,14H2,1-3H3,(H,23,28). The first-order valence-electron chi connectivity index (χ1n) is 10.2. The van der Waals surface area contributed by atoms with E-state index in [4.69, 9.17) is 0 Å². The molecule has 2 aromatic carbocycles. The summed E-state index contributed by atoms with van der Waals surface area (Å²) in [6.07, 6.45) is 0.531. The third-order valence-corrected chi connectivity index (χ3v) is 7.81. The van der Waals surface area contributed by atoms with E-state index < -0.39 is 15.1 Å². The molecule has 32 heavy (non-hydrogen) atoms. The van der Waals surface area contributed by atoms with Gasteiger partial charge in [-0.25, -0.2) is 8.42 Å². The third-order valence-electron chi connectivity index (χ3n) is 4.83. The van der Waals surface area contributed by atoms with E-state index in [0.717, 1.165) is 5.56 Å². The fourth-order valence-corrected chi connectivity index (χ4v) is 5.39. The van der Waals surface area contributed by atoms with Crippen LogP contribution in [0.25, 0.3) is 0 Å². The summed E-state index contributed by atoms with van der Waals surface area (Å²) in [6.45, 7) is 6.13. The zero-order chi connectivity index (χ0) is 23.3. The highest BCUT2D eigenvalue weighted by molar-refractivity contribution is 8.00. The van der Waals surface area contributed by atoms with Crippen LogP contribution in [-0.4, -0.2) is 39.4 Å². The number of phenolic OH excluding ortho intramolecular Hbond substituents is 1. The van der Waals surface area contributed by atoms with Crippen molar-refractivity contribution in [3.63, 3.8) is 0 Å². The third kappa shape index (κ3) is 5.68. The Bertz CT molecular complexity index is 1190. The van der Waals surface area contributed by atoms with Gasteiger partial charge in [0, 0.05) is 18.3 Å². The van der Waals surface area contributed by atoms with Crippen LogP contribution in [0.15, 0.2) is 58.6 Å². The van der Waals surface area contributed by atoms with Gasteiger partial charge in [0.15, 0.2) is 15.0 Å². The zero-order valence-electron chi connectivity index (χ0n) is 18.1. The van der Waals surface area contributed by atoms with Crippen LogP contribution in [0.4, 0.5) is 5.69 Å². The van der Waals surface area contributed by atoms with Gasteiger partial charge in [0.25, 0.3) is 0 Å². The van der Waals surface area contributed by atoms with Crippen molar-refractivity contribution < 1.29 is 18.3 Å². The predicted octanol–water partition coefficient (Wildman–Crippen LogP) is 3.80. The van der Waals surface area contributed by atoms with Gasteiger partial charge in [-0.05, 0) is 44.5 Å². The molecular formula is C22H26N4O4S2. The number of aromatic hydroxyl groups is 1. The second kappa shape index (κ2) is 10.2. The molecule has 170 valence electrons. The molecule has 1 unspecified atom stereocenters. The normalized spacial score (nSPS) is 12.5. The van der Waals surface area contributed by atoms with Gasteiger partial charge in [0.05, 0.1) is 10.1 Å². The number of aromatic nitrogens is 3. The molecule has 0 radical (unpaired) electrons. The van der Waals surface area contributed by atoms with Crippen LogP contribution in [0.5, 0.6) is 5.75 Å². The van der Waals surface area contributed by atoms with Gasteiger partial charge < -0.3 is 15.0 Å². The number of thioether (sulfide) groups is 1. The summed E-state index contributed by atoms with van der Waals surface area (Å²) in [5.74, 6) is -0.112. The van der Waals surface area contributed by atoms with E-state index in [9.17, 15) is 18.3 Å². The van der Waals surface area contributed by atoms with E-state index in [1.165, 1.54) is 23.9 Å². The number of rotatable bonds is 9. The summed E-state index contributed by atoms with van der Waals surface area (Å²) in [5, 5.41) is 20.7. The summed E-state index contributed by atoms with van der Waals surface area (Å²) >= 11 is 1.24. The Morgan fingerprint density at radius 3 is 2.50 bits per heavy atom. The van der Waals surface area contributed by atoms with Crippen LogP contribution in [0, 0.1) is 6.92 Å². The largest absolute Gasteiger partial charge is 0.508 e. The molecule has 0 aliphatic rings. The number of aryl methyl sites for hydroxylation is 1. The van der Waals surface area contributed by atoms with Crippen LogP contribution in [0.2, 0.25) is 0 Å². The Hall–Kier alpha value is -2.85. The van der Waals surface area contributed by atoms with Gasteiger partial charge >= 0.3 is 0 Å². The number of nitrogens with one attached hydrogen (secondary N) is 1. The molecule has 3 rings (SSSR count). The maximum atomic E-state index is 12.8. The number of benzene rings is 2. The number of hydrogen-bond donors (Lipinski definition) is 2. The highest BCUT2D eigenvalue weighted by atomic mass is 32.2. The molecule has 3 aromatic rings. The molecule has 1 amide bonds. The number of carbonyl (C=O) groups is 1. The second-order valence-corrected chi connectivity index (χ2v) is 10.4. The lowest BCUT2D eigenvalue weighted by atomic mass is 10.2. The number of phenols is 1.